The molecule has 5 atom stereocenters. The van der Waals surface area contributed by atoms with Crippen molar-refractivity contribution in [3.8, 4) is 5.75 Å². The Kier molecular flexibility index (Phi) is 7.17. The van der Waals surface area contributed by atoms with E-state index in [4.69, 9.17) is 24.7 Å². The smallest absolute Gasteiger partial charge is 0.303 e. The van der Waals surface area contributed by atoms with Gasteiger partial charge in [-0.2, -0.15) is 0 Å². The van der Waals surface area contributed by atoms with Gasteiger partial charge in [-0.1, -0.05) is 13.8 Å². The number of hydrogen-bond acceptors (Lipinski definition) is 7. The van der Waals surface area contributed by atoms with Crippen LogP contribution in [-0.2, 0) is 23.8 Å². The Morgan fingerprint density at radius 2 is 1.86 bits per heavy atom. The van der Waals surface area contributed by atoms with Crippen LogP contribution in [0.3, 0.4) is 0 Å². The number of carbonyl (C=O) groups is 2. The minimum atomic E-state index is -2.82. The van der Waals surface area contributed by atoms with Gasteiger partial charge in [-0.15, -0.1) is 0 Å². The molecule has 9 heteroatoms. The standard InChI is InChI=1S/C19H25F2NO6/c1-9-10(2)17(26-12(4)24)19(28-16(9)8-25-11(3)23)27-15-6-5-13(22)7-14(15)18(20)21/h5-7,9-10,16-19H,8,22H2,1-4H3/t9-,10+,16?,17?,19-/m1/s1. The van der Waals surface area contributed by atoms with Crippen LogP contribution >= 0.6 is 0 Å². The van der Waals surface area contributed by atoms with E-state index in [2.05, 4.69) is 0 Å². The van der Waals surface area contributed by atoms with Crippen LogP contribution in [-0.4, -0.2) is 37.0 Å². The first kappa shape index (κ1) is 21.9. The zero-order valence-corrected chi connectivity index (χ0v) is 16.2. The maximum atomic E-state index is 13.4. The molecule has 1 fully saturated rings. The number of ether oxygens (including phenoxy) is 4. The fourth-order valence-electron chi connectivity index (χ4n) is 3.07. The lowest BCUT2D eigenvalue weighted by Gasteiger charge is -2.43. The number of alkyl halides is 2. The molecule has 2 N–H and O–H groups in total. The number of nitrogen functional groups attached to an aromatic ring is 1. The first-order chi connectivity index (χ1) is 13.1. The molecule has 1 aliphatic rings. The van der Waals surface area contributed by atoms with Crippen molar-refractivity contribution in [1.29, 1.82) is 0 Å². The van der Waals surface area contributed by atoms with Crippen molar-refractivity contribution in [1.82, 2.24) is 0 Å². The van der Waals surface area contributed by atoms with E-state index in [9.17, 15) is 18.4 Å². The summed E-state index contributed by atoms with van der Waals surface area (Å²) >= 11 is 0. The Hall–Kier alpha value is -2.42. The quantitative estimate of drug-likeness (QED) is 0.578. The summed E-state index contributed by atoms with van der Waals surface area (Å²) in [6.45, 7) is 6.17. The number of halogens is 2. The molecule has 0 bridgehead atoms. The van der Waals surface area contributed by atoms with Crippen molar-refractivity contribution in [3.05, 3.63) is 23.8 Å². The summed E-state index contributed by atoms with van der Waals surface area (Å²) in [6, 6.07) is 3.86. The fraction of sp³-hybridized carbons (Fsp3) is 0.579. The van der Waals surface area contributed by atoms with Gasteiger partial charge in [0.1, 0.15) is 12.4 Å². The molecule has 1 heterocycles. The Morgan fingerprint density at radius 1 is 1.18 bits per heavy atom. The molecule has 2 rings (SSSR count). The Balaban J connectivity index is 2.30. The van der Waals surface area contributed by atoms with Gasteiger partial charge in [0, 0.05) is 25.5 Å². The van der Waals surface area contributed by atoms with Crippen LogP contribution in [0.15, 0.2) is 18.2 Å². The van der Waals surface area contributed by atoms with Gasteiger partial charge in [-0.05, 0) is 24.1 Å². The van der Waals surface area contributed by atoms with Gasteiger partial charge in [0.2, 0.25) is 6.29 Å². The van der Waals surface area contributed by atoms with Crippen LogP contribution < -0.4 is 10.5 Å². The summed E-state index contributed by atoms with van der Waals surface area (Å²) in [7, 11) is 0. The minimum Gasteiger partial charge on any atom is -0.463 e. The second kappa shape index (κ2) is 9.18. The van der Waals surface area contributed by atoms with Crippen molar-refractivity contribution in [3.63, 3.8) is 0 Å². The topological polar surface area (TPSA) is 97.1 Å². The lowest BCUT2D eigenvalue weighted by Crippen LogP contribution is -2.54. The van der Waals surface area contributed by atoms with Gasteiger partial charge >= 0.3 is 11.9 Å². The minimum absolute atomic E-state index is 0.0308. The summed E-state index contributed by atoms with van der Waals surface area (Å²) in [5, 5.41) is 0. The number of anilines is 1. The predicted octanol–water partition coefficient (Wildman–Crippen LogP) is 3.08. The highest BCUT2D eigenvalue weighted by molar-refractivity contribution is 5.66. The lowest BCUT2D eigenvalue weighted by molar-refractivity contribution is -0.253. The molecule has 28 heavy (non-hydrogen) atoms. The molecule has 1 aliphatic heterocycles. The highest BCUT2D eigenvalue weighted by Crippen LogP contribution is 2.37. The third-order valence-electron chi connectivity index (χ3n) is 4.78. The molecule has 0 saturated carbocycles. The molecule has 0 spiro atoms. The van der Waals surface area contributed by atoms with Crippen LogP contribution in [0.4, 0.5) is 14.5 Å². The molecular weight excluding hydrogens is 376 g/mol. The largest absolute Gasteiger partial charge is 0.463 e. The first-order valence-electron chi connectivity index (χ1n) is 8.90. The van der Waals surface area contributed by atoms with Crippen LogP contribution in [0.5, 0.6) is 5.75 Å². The number of carbonyl (C=O) groups excluding carboxylic acids is 2. The highest BCUT2D eigenvalue weighted by atomic mass is 19.3. The zero-order valence-electron chi connectivity index (χ0n) is 16.2. The van der Waals surface area contributed by atoms with Gasteiger partial charge in [-0.25, -0.2) is 8.78 Å². The molecule has 1 aromatic rings. The average Bonchev–Trinajstić information content (AvgIpc) is 2.60. The van der Waals surface area contributed by atoms with E-state index in [0.717, 1.165) is 6.07 Å². The molecule has 0 aromatic heterocycles. The summed E-state index contributed by atoms with van der Waals surface area (Å²) in [5.41, 5.74) is 5.35. The molecule has 2 unspecified atom stereocenters. The molecule has 0 amide bonds. The van der Waals surface area contributed by atoms with Crippen molar-refractivity contribution in [2.75, 3.05) is 12.3 Å². The van der Waals surface area contributed by atoms with Crippen molar-refractivity contribution in [2.45, 2.75) is 52.6 Å². The normalized spacial score (nSPS) is 27.3. The van der Waals surface area contributed by atoms with E-state index in [1.165, 1.54) is 26.0 Å². The highest BCUT2D eigenvalue weighted by Gasteiger charge is 2.45. The number of benzene rings is 1. The molecule has 0 radical (unpaired) electrons. The van der Waals surface area contributed by atoms with Gasteiger partial charge in [0.05, 0.1) is 11.7 Å². The SMILES string of the molecule is CC(=O)OCC1O[C@@H](Oc2ccc(N)cc2C(F)F)C(OC(C)=O)[C@@H](C)[C@H]1C. The van der Waals surface area contributed by atoms with Crippen molar-refractivity contribution in [2.24, 2.45) is 11.8 Å². The average molecular weight is 401 g/mol. The monoisotopic (exact) mass is 401 g/mol. The fourth-order valence-corrected chi connectivity index (χ4v) is 3.07. The maximum absolute atomic E-state index is 13.4. The molecule has 0 aliphatic carbocycles. The molecule has 1 aromatic carbocycles. The van der Waals surface area contributed by atoms with Crippen molar-refractivity contribution < 1.29 is 37.3 Å². The molecule has 1 saturated heterocycles. The molecule has 7 nitrogen and oxygen atoms in total. The van der Waals surface area contributed by atoms with Gasteiger partial charge in [0.15, 0.2) is 6.10 Å². The van der Waals surface area contributed by atoms with E-state index < -0.39 is 42.4 Å². The molecular formula is C19H25F2NO6. The number of rotatable bonds is 6. The van der Waals surface area contributed by atoms with Crippen LogP contribution in [0.1, 0.15) is 39.7 Å². The number of esters is 2. The van der Waals surface area contributed by atoms with Crippen molar-refractivity contribution >= 4 is 17.6 Å². The van der Waals surface area contributed by atoms with Crippen LogP contribution in [0.2, 0.25) is 0 Å². The van der Waals surface area contributed by atoms with Crippen LogP contribution in [0, 0.1) is 11.8 Å². The maximum Gasteiger partial charge on any atom is 0.303 e. The van der Waals surface area contributed by atoms with E-state index in [1.807, 2.05) is 13.8 Å². The van der Waals surface area contributed by atoms with E-state index in [0.29, 0.717) is 0 Å². The zero-order chi connectivity index (χ0) is 21.0. The summed E-state index contributed by atoms with van der Waals surface area (Å²) in [5.74, 6) is -1.54. The van der Waals surface area contributed by atoms with E-state index in [-0.39, 0.29) is 29.9 Å². The third-order valence-corrected chi connectivity index (χ3v) is 4.78. The first-order valence-corrected chi connectivity index (χ1v) is 8.90. The van der Waals surface area contributed by atoms with Crippen LogP contribution in [0.25, 0.3) is 0 Å². The predicted molar refractivity (Wildman–Crippen MR) is 95.6 cm³/mol. The van der Waals surface area contributed by atoms with Gasteiger partial charge in [0.25, 0.3) is 6.43 Å². The second-order valence-corrected chi connectivity index (χ2v) is 6.85. The van der Waals surface area contributed by atoms with E-state index >= 15 is 0 Å². The summed E-state index contributed by atoms with van der Waals surface area (Å²) < 4.78 is 48.7. The van der Waals surface area contributed by atoms with E-state index in [1.54, 1.807) is 0 Å². The number of nitrogens with two attached hydrogens (primary N) is 1. The summed E-state index contributed by atoms with van der Waals surface area (Å²) in [4.78, 5) is 22.7. The van der Waals surface area contributed by atoms with Gasteiger partial charge in [-0.3, -0.25) is 9.59 Å². The number of hydrogen-bond donors (Lipinski definition) is 1. The Labute approximate surface area is 162 Å². The summed E-state index contributed by atoms with van der Waals surface area (Å²) in [6.07, 6.45) is -5.36. The third kappa shape index (κ3) is 5.31. The van der Waals surface area contributed by atoms with Gasteiger partial charge < -0.3 is 24.7 Å². The second-order valence-electron chi connectivity index (χ2n) is 6.85. The Morgan fingerprint density at radius 3 is 2.43 bits per heavy atom. The molecule has 156 valence electrons. The Bertz CT molecular complexity index is 712. The lowest BCUT2D eigenvalue weighted by atomic mass is 9.83.